The highest BCUT2D eigenvalue weighted by molar-refractivity contribution is 5.41. The van der Waals surface area contributed by atoms with Crippen LogP contribution in [-0.4, -0.2) is 29.2 Å². The van der Waals surface area contributed by atoms with Gasteiger partial charge in [-0.25, -0.2) is 0 Å². The molecule has 0 radical (unpaired) electrons. The van der Waals surface area contributed by atoms with E-state index >= 15 is 0 Å². The third-order valence-corrected chi connectivity index (χ3v) is 3.80. The summed E-state index contributed by atoms with van der Waals surface area (Å²) in [6.45, 7) is 3.77. The molecule has 18 heavy (non-hydrogen) atoms. The van der Waals surface area contributed by atoms with Gasteiger partial charge in [0.1, 0.15) is 6.10 Å². The van der Waals surface area contributed by atoms with E-state index in [9.17, 15) is 5.11 Å². The summed E-state index contributed by atoms with van der Waals surface area (Å²) in [5.41, 5.74) is 7.60. The van der Waals surface area contributed by atoms with Crippen LogP contribution >= 0.6 is 0 Å². The quantitative estimate of drug-likeness (QED) is 0.743. The molecule has 0 amide bonds. The Morgan fingerprint density at radius 2 is 1.78 bits per heavy atom. The van der Waals surface area contributed by atoms with Gasteiger partial charge in [-0.05, 0) is 38.0 Å². The predicted octanol–water partition coefficient (Wildman–Crippen LogP) is 1.64. The summed E-state index contributed by atoms with van der Waals surface area (Å²) in [7, 11) is 0. The largest absolute Gasteiger partial charge is 0.399 e. The number of fused-ring (bicyclic) bond motifs is 1. The summed E-state index contributed by atoms with van der Waals surface area (Å²) in [6.07, 6.45) is -0.0736. The van der Waals surface area contributed by atoms with Gasteiger partial charge >= 0.3 is 0 Å². The number of hydrogen-bond donors (Lipinski definition) is 2. The van der Waals surface area contributed by atoms with E-state index in [1.54, 1.807) is 0 Å². The van der Waals surface area contributed by atoms with Gasteiger partial charge in [-0.2, -0.15) is 0 Å². The number of anilines is 1. The van der Waals surface area contributed by atoms with Crippen molar-refractivity contribution in [2.24, 2.45) is 0 Å². The SMILES string of the molecule is CC1(C)O[C@@H]2[C@H](O1)[C@@H](c1ccc(N)cc1)C[C@@H]2O. The average molecular weight is 249 g/mol. The van der Waals surface area contributed by atoms with E-state index in [0.717, 1.165) is 11.3 Å². The molecule has 2 fully saturated rings. The molecule has 1 aliphatic heterocycles. The highest BCUT2D eigenvalue weighted by Gasteiger charge is 2.53. The molecule has 1 aliphatic carbocycles. The first-order chi connectivity index (χ1) is 8.46. The molecule has 0 unspecified atom stereocenters. The number of nitrogens with two attached hydrogens (primary N) is 1. The normalized spacial score (nSPS) is 37.7. The lowest BCUT2D eigenvalue weighted by Gasteiger charge is -2.22. The van der Waals surface area contributed by atoms with Crippen LogP contribution in [0.4, 0.5) is 5.69 Å². The number of hydrogen-bond acceptors (Lipinski definition) is 4. The average Bonchev–Trinajstić information content (AvgIpc) is 2.76. The Balaban J connectivity index is 1.88. The zero-order chi connectivity index (χ0) is 12.9. The number of aliphatic hydroxyl groups excluding tert-OH is 1. The van der Waals surface area contributed by atoms with Crippen LogP contribution in [0.2, 0.25) is 0 Å². The van der Waals surface area contributed by atoms with Gasteiger partial charge in [0, 0.05) is 11.6 Å². The molecular formula is C14H19NO3. The summed E-state index contributed by atoms with van der Waals surface area (Å²) in [5, 5.41) is 10.1. The number of nitrogen functional groups attached to an aromatic ring is 1. The third-order valence-electron chi connectivity index (χ3n) is 3.80. The standard InChI is InChI=1S/C14H19NO3/c1-14(2)17-12-10(7-11(16)13(12)18-14)8-3-5-9(15)6-4-8/h3-6,10-13,16H,7,15H2,1-2H3/t10-,11+,12-,13+/m1/s1. The maximum absolute atomic E-state index is 10.1. The molecule has 3 rings (SSSR count). The molecule has 4 atom stereocenters. The van der Waals surface area contributed by atoms with Gasteiger partial charge in [0.05, 0.1) is 12.2 Å². The van der Waals surface area contributed by atoms with E-state index in [1.165, 1.54) is 0 Å². The fraction of sp³-hybridized carbons (Fsp3) is 0.571. The summed E-state index contributed by atoms with van der Waals surface area (Å²) in [6, 6.07) is 7.78. The molecule has 4 nitrogen and oxygen atoms in total. The number of aliphatic hydroxyl groups is 1. The molecule has 0 spiro atoms. The van der Waals surface area contributed by atoms with Gasteiger partial charge in [-0.1, -0.05) is 12.1 Å². The summed E-state index contributed by atoms with van der Waals surface area (Å²) in [4.78, 5) is 0. The second kappa shape index (κ2) is 3.95. The monoisotopic (exact) mass is 249 g/mol. The number of rotatable bonds is 1. The molecule has 1 saturated heterocycles. The van der Waals surface area contributed by atoms with Gasteiger partial charge in [-0.15, -0.1) is 0 Å². The second-order valence-electron chi connectivity index (χ2n) is 5.64. The molecule has 3 N–H and O–H groups in total. The Hall–Kier alpha value is -1.10. The van der Waals surface area contributed by atoms with E-state index in [2.05, 4.69) is 0 Å². The molecular weight excluding hydrogens is 230 g/mol. The lowest BCUT2D eigenvalue weighted by Crippen LogP contribution is -2.28. The molecule has 1 aromatic rings. The predicted molar refractivity (Wildman–Crippen MR) is 68.0 cm³/mol. The van der Waals surface area contributed by atoms with Crippen molar-refractivity contribution in [2.75, 3.05) is 5.73 Å². The smallest absolute Gasteiger partial charge is 0.163 e. The number of benzene rings is 1. The summed E-state index contributed by atoms with van der Waals surface area (Å²) < 4.78 is 11.7. The van der Waals surface area contributed by atoms with E-state index in [0.29, 0.717) is 6.42 Å². The van der Waals surface area contributed by atoms with Crippen molar-refractivity contribution in [1.82, 2.24) is 0 Å². The van der Waals surface area contributed by atoms with E-state index in [-0.39, 0.29) is 18.1 Å². The van der Waals surface area contributed by atoms with E-state index in [4.69, 9.17) is 15.2 Å². The van der Waals surface area contributed by atoms with Gasteiger partial charge in [-0.3, -0.25) is 0 Å². The van der Waals surface area contributed by atoms with Crippen LogP contribution in [0.5, 0.6) is 0 Å². The van der Waals surface area contributed by atoms with Crippen molar-refractivity contribution in [1.29, 1.82) is 0 Å². The van der Waals surface area contributed by atoms with Crippen LogP contribution in [0.3, 0.4) is 0 Å². The molecule has 0 aromatic heterocycles. The fourth-order valence-corrected chi connectivity index (χ4v) is 3.02. The first-order valence-electron chi connectivity index (χ1n) is 6.35. The highest BCUT2D eigenvalue weighted by atomic mass is 16.8. The first-order valence-corrected chi connectivity index (χ1v) is 6.35. The zero-order valence-electron chi connectivity index (χ0n) is 10.7. The van der Waals surface area contributed by atoms with Gasteiger partial charge in [0.2, 0.25) is 0 Å². The van der Waals surface area contributed by atoms with Gasteiger partial charge in [0.15, 0.2) is 5.79 Å². The van der Waals surface area contributed by atoms with Gasteiger partial charge in [0.25, 0.3) is 0 Å². The molecule has 4 heteroatoms. The Labute approximate surface area is 107 Å². The second-order valence-corrected chi connectivity index (χ2v) is 5.64. The van der Waals surface area contributed by atoms with Crippen LogP contribution in [0, 0.1) is 0 Å². The van der Waals surface area contributed by atoms with Crippen molar-refractivity contribution in [2.45, 2.75) is 50.3 Å². The van der Waals surface area contributed by atoms with Crippen molar-refractivity contribution < 1.29 is 14.6 Å². The minimum Gasteiger partial charge on any atom is -0.399 e. The Morgan fingerprint density at radius 1 is 1.17 bits per heavy atom. The van der Waals surface area contributed by atoms with Crippen LogP contribution in [0.1, 0.15) is 31.7 Å². The molecule has 2 aliphatic rings. The molecule has 1 heterocycles. The molecule has 1 aromatic carbocycles. The minimum absolute atomic E-state index is 0.0707. The van der Waals surface area contributed by atoms with Crippen molar-refractivity contribution >= 4 is 5.69 Å². The van der Waals surface area contributed by atoms with Crippen LogP contribution in [-0.2, 0) is 9.47 Å². The summed E-state index contributed by atoms with van der Waals surface area (Å²) >= 11 is 0. The maximum Gasteiger partial charge on any atom is 0.163 e. The third kappa shape index (κ3) is 1.90. The maximum atomic E-state index is 10.1. The number of ether oxygens (including phenoxy) is 2. The Bertz CT molecular complexity index is 443. The minimum atomic E-state index is -0.608. The fourth-order valence-electron chi connectivity index (χ4n) is 3.02. The Morgan fingerprint density at radius 3 is 2.44 bits per heavy atom. The van der Waals surface area contributed by atoms with Gasteiger partial charge < -0.3 is 20.3 Å². The van der Waals surface area contributed by atoms with Crippen LogP contribution in [0.25, 0.3) is 0 Å². The lowest BCUT2D eigenvalue weighted by atomic mass is 9.95. The van der Waals surface area contributed by atoms with Crippen molar-refractivity contribution in [3.8, 4) is 0 Å². The topological polar surface area (TPSA) is 64.7 Å². The molecule has 98 valence electrons. The van der Waals surface area contributed by atoms with E-state index in [1.807, 2.05) is 38.1 Å². The zero-order valence-corrected chi connectivity index (χ0v) is 10.7. The van der Waals surface area contributed by atoms with E-state index < -0.39 is 11.9 Å². The highest BCUT2D eigenvalue weighted by Crippen LogP contribution is 2.46. The lowest BCUT2D eigenvalue weighted by molar-refractivity contribution is -0.163. The Kier molecular flexibility index (Phi) is 2.62. The van der Waals surface area contributed by atoms with Crippen LogP contribution < -0.4 is 5.73 Å². The van der Waals surface area contributed by atoms with Crippen molar-refractivity contribution in [3.63, 3.8) is 0 Å². The van der Waals surface area contributed by atoms with Crippen LogP contribution in [0.15, 0.2) is 24.3 Å². The molecule has 1 saturated carbocycles. The van der Waals surface area contributed by atoms with Crippen molar-refractivity contribution in [3.05, 3.63) is 29.8 Å². The first kappa shape index (κ1) is 12.0. The summed E-state index contributed by atoms with van der Waals surface area (Å²) in [5.74, 6) is -0.435. The molecule has 0 bridgehead atoms.